The minimum Gasteiger partial charge on any atom is -0.456 e. The van der Waals surface area contributed by atoms with Gasteiger partial charge in [0.1, 0.15) is 11.2 Å². The molecule has 0 aliphatic carbocycles. The van der Waals surface area contributed by atoms with Crippen LogP contribution in [0.25, 0.3) is 60.2 Å². The summed E-state index contributed by atoms with van der Waals surface area (Å²) in [5.41, 5.74) is 5.42. The van der Waals surface area contributed by atoms with Crippen molar-refractivity contribution in [1.29, 1.82) is 0 Å². The lowest BCUT2D eigenvalue weighted by Gasteiger charge is -2.10. The first kappa shape index (κ1) is 15.8. The molecule has 2 aromatic heterocycles. The summed E-state index contributed by atoms with van der Waals surface area (Å²) in [5, 5.41) is 7.36. The normalized spacial score (nSPS) is 12.0. The standard InChI is InChI=1S/C28H17NO/c1-2-9-19-17-25-22(16-18(19)8-1)20-10-3-5-12-23(20)29(25)24-13-7-15-27-28(24)21-11-4-6-14-26(21)30-27/h1-17H. The number of fused-ring (bicyclic) bond motifs is 7. The third kappa shape index (κ3) is 2.03. The molecule has 0 bridgehead atoms. The van der Waals surface area contributed by atoms with Crippen LogP contribution in [-0.4, -0.2) is 4.57 Å². The number of furan rings is 1. The molecule has 0 aliphatic rings. The predicted molar refractivity (Wildman–Crippen MR) is 126 cm³/mol. The lowest BCUT2D eigenvalue weighted by molar-refractivity contribution is 0.669. The summed E-state index contributed by atoms with van der Waals surface area (Å²) < 4.78 is 8.56. The van der Waals surface area contributed by atoms with Crippen LogP contribution in [0, 0.1) is 0 Å². The van der Waals surface area contributed by atoms with Gasteiger partial charge in [-0.25, -0.2) is 0 Å². The van der Waals surface area contributed by atoms with E-state index in [1.54, 1.807) is 0 Å². The third-order valence-electron chi connectivity index (χ3n) is 6.16. The van der Waals surface area contributed by atoms with Crippen LogP contribution in [-0.2, 0) is 0 Å². The van der Waals surface area contributed by atoms with E-state index in [0.717, 1.165) is 27.6 Å². The summed E-state index contributed by atoms with van der Waals surface area (Å²) in [6, 6.07) is 36.5. The fourth-order valence-electron chi connectivity index (χ4n) is 4.86. The molecule has 140 valence electrons. The lowest BCUT2D eigenvalue weighted by atomic mass is 10.1. The highest BCUT2D eigenvalue weighted by Crippen LogP contribution is 2.39. The van der Waals surface area contributed by atoms with Crippen LogP contribution in [0.1, 0.15) is 0 Å². The summed E-state index contributed by atoms with van der Waals surface area (Å²) in [6.45, 7) is 0. The number of para-hydroxylation sites is 2. The summed E-state index contributed by atoms with van der Waals surface area (Å²) in [6.07, 6.45) is 0. The number of hydrogen-bond acceptors (Lipinski definition) is 1. The zero-order chi connectivity index (χ0) is 19.7. The van der Waals surface area contributed by atoms with E-state index < -0.39 is 0 Å². The SMILES string of the molecule is c1ccc2cc3c(cc2c1)c1ccccc1n3-c1cccc2oc3ccccc3c12. The Labute approximate surface area is 172 Å². The van der Waals surface area contributed by atoms with Crippen LogP contribution in [0.5, 0.6) is 0 Å². The van der Waals surface area contributed by atoms with Crippen molar-refractivity contribution in [2.45, 2.75) is 0 Å². The Morgan fingerprint density at radius 2 is 1.20 bits per heavy atom. The van der Waals surface area contributed by atoms with Crippen molar-refractivity contribution in [3.8, 4) is 5.69 Å². The van der Waals surface area contributed by atoms with Gasteiger partial charge in [0.15, 0.2) is 0 Å². The van der Waals surface area contributed by atoms with Gasteiger partial charge >= 0.3 is 0 Å². The monoisotopic (exact) mass is 383 g/mol. The van der Waals surface area contributed by atoms with Gasteiger partial charge < -0.3 is 8.98 Å². The van der Waals surface area contributed by atoms with Crippen LogP contribution in [0.3, 0.4) is 0 Å². The second-order valence-electron chi connectivity index (χ2n) is 7.82. The molecule has 7 rings (SSSR count). The molecule has 30 heavy (non-hydrogen) atoms. The van der Waals surface area contributed by atoms with E-state index in [1.807, 2.05) is 12.1 Å². The predicted octanol–water partition coefficient (Wildman–Crippen LogP) is 7.84. The fourth-order valence-corrected chi connectivity index (χ4v) is 4.86. The van der Waals surface area contributed by atoms with E-state index in [4.69, 9.17) is 4.42 Å². The van der Waals surface area contributed by atoms with E-state index in [1.165, 1.54) is 32.6 Å². The van der Waals surface area contributed by atoms with E-state index in [9.17, 15) is 0 Å². The van der Waals surface area contributed by atoms with E-state index in [0.29, 0.717) is 0 Å². The van der Waals surface area contributed by atoms with Gasteiger partial charge in [0.2, 0.25) is 0 Å². The second-order valence-corrected chi connectivity index (χ2v) is 7.82. The molecule has 0 aliphatic heterocycles. The molecule has 7 aromatic rings. The molecule has 0 saturated heterocycles. The quantitative estimate of drug-likeness (QED) is 0.282. The average molecular weight is 383 g/mol. The largest absolute Gasteiger partial charge is 0.456 e. The summed E-state index contributed by atoms with van der Waals surface area (Å²) in [4.78, 5) is 0. The Balaban J connectivity index is 1.73. The minimum absolute atomic E-state index is 0.917. The van der Waals surface area contributed by atoms with Crippen molar-refractivity contribution in [3.05, 3.63) is 103 Å². The van der Waals surface area contributed by atoms with Crippen molar-refractivity contribution in [3.63, 3.8) is 0 Å². The van der Waals surface area contributed by atoms with Crippen LogP contribution < -0.4 is 0 Å². The maximum Gasteiger partial charge on any atom is 0.137 e. The van der Waals surface area contributed by atoms with Gasteiger partial charge in [-0.2, -0.15) is 0 Å². The molecule has 2 heteroatoms. The van der Waals surface area contributed by atoms with Gasteiger partial charge in [0.25, 0.3) is 0 Å². The minimum atomic E-state index is 0.917. The first-order valence-electron chi connectivity index (χ1n) is 10.2. The van der Waals surface area contributed by atoms with E-state index >= 15 is 0 Å². The van der Waals surface area contributed by atoms with Crippen molar-refractivity contribution in [2.75, 3.05) is 0 Å². The Morgan fingerprint density at radius 3 is 2.10 bits per heavy atom. The van der Waals surface area contributed by atoms with Gasteiger partial charge in [0, 0.05) is 16.2 Å². The van der Waals surface area contributed by atoms with Crippen LogP contribution in [0.15, 0.2) is 108 Å². The third-order valence-corrected chi connectivity index (χ3v) is 6.16. The maximum atomic E-state index is 6.17. The Kier molecular flexibility index (Phi) is 3.03. The lowest BCUT2D eigenvalue weighted by Crippen LogP contribution is -1.94. The number of nitrogens with zero attached hydrogens (tertiary/aromatic N) is 1. The van der Waals surface area contributed by atoms with Crippen LogP contribution >= 0.6 is 0 Å². The van der Waals surface area contributed by atoms with E-state index in [2.05, 4.69) is 95.6 Å². The van der Waals surface area contributed by atoms with Gasteiger partial charge in [-0.3, -0.25) is 0 Å². The molecule has 2 nitrogen and oxygen atoms in total. The number of benzene rings is 5. The molecule has 5 aromatic carbocycles. The molecule has 0 atom stereocenters. The zero-order valence-electron chi connectivity index (χ0n) is 16.2. The van der Waals surface area contributed by atoms with Crippen molar-refractivity contribution in [1.82, 2.24) is 4.57 Å². The van der Waals surface area contributed by atoms with Crippen LogP contribution in [0.2, 0.25) is 0 Å². The van der Waals surface area contributed by atoms with Gasteiger partial charge in [0.05, 0.1) is 22.1 Å². The van der Waals surface area contributed by atoms with Gasteiger partial charge in [-0.1, -0.05) is 66.7 Å². The molecular weight excluding hydrogens is 366 g/mol. The Hall–Kier alpha value is -4.04. The summed E-state index contributed by atoms with van der Waals surface area (Å²) in [7, 11) is 0. The highest BCUT2D eigenvalue weighted by molar-refractivity contribution is 6.16. The van der Waals surface area contributed by atoms with Gasteiger partial charge in [-0.15, -0.1) is 0 Å². The van der Waals surface area contributed by atoms with Crippen molar-refractivity contribution in [2.24, 2.45) is 0 Å². The molecule has 0 unspecified atom stereocenters. The first-order chi connectivity index (χ1) is 14.9. The fraction of sp³-hybridized carbons (Fsp3) is 0. The number of rotatable bonds is 1. The maximum absolute atomic E-state index is 6.17. The zero-order valence-corrected chi connectivity index (χ0v) is 16.2. The number of aromatic nitrogens is 1. The molecule has 0 saturated carbocycles. The highest BCUT2D eigenvalue weighted by atomic mass is 16.3. The molecule has 0 fully saturated rings. The molecule has 2 heterocycles. The summed E-state index contributed by atoms with van der Waals surface area (Å²) in [5.74, 6) is 0. The van der Waals surface area contributed by atoms with Crippen molar-refractivity contribution < 1.29 is 4.42 Å². The van der Waals surface area contributed by atoms with Gasteiger partial charge in [-0.05, 0) is 47.2 Å². The topological polar surface area (TPSA) is 18.1 Å². The smallest absolute Gasteiger partial charge is 0.137 e. The molecular formula is C28H17NO. The van der Waals surface area contributed by atoms with Crippen molar-refractivity contribution >= 4 is 54.5 Å². The first-order valence-corrected chi connectivity index (χ1v) is 10.2. The van der Waals surface area contributed by atoms with Crippen LogP contribution in [0.4, 0.5) is 0 Å². The molecule has 0 radical (unpaired) electrons. The number of hydrogen-bond donors (Lipinski definition) is 0. The van der Waals surface area contributed by atoms with E-state index in [-0.39, 0.29) is 0 Å². The second kappa shape index (κ2) is 5.74. The average Bonchev–Trinajstić information content (AvgIpc) is 3.33. The summed E-state index contributed by atoms with van der Waals surface area (Å²) >= 11 is 0. The highest BCUT2D eigenvalue weighted by Gasteiger charge is 2.17. The Morgan fingerprint density at radius 1 is 0.500 bits per heavy atom. The Bertz CT molecular complexity index is 1750. The molecule has 0 N–H and O–H groups in total. The molecule has 0 amide bonds. The molecule has 0 spiro atoms.